The van der Waals surface area contributed by atoms with Crippen molar-refractivity contribution >= 4 is 10.0 Å². The highest BCUT2D eigenvalue weighted by atomic mass is 32.2. The van der Waals surface area contributed by atoms with E-state index in [4.69, 9.17) is 5.73 Å². The molecule has 1 aliphatic carbocycles. The lowest BCUT2D eigenvalue weighted by molar-refractivity contribution is 0.191. The van der Waals surface area contributed by atoms with Gasteiger partial charge in [-0.3, -0.25) is 4.90 Å². The van der Waals surface area contributed by atoms with Crippen LogP contribution in [0.25, 0.3) is 0 Å². The summed E-state index contributed by atoms with van der Waals surface area (Å²) in [5.74, 6) is 0. The van der Waals surface area contributed by atoms with Gasteiger partial charge in [0.1, 0.15) is 0 Å². The zero-order valence-electron chi connectivity index (χ0n) is 11.1. The minimum Gasteiger partial charge on any atom is -0.329 e. The topological polar surface area (TPSA) is 66.6 Å². The first kappa shape index (κ1) is 14.2. The van der Waals surface area contributed by atoms with Crippen LogP contribution in [0.3, 0.4) is 0 Å². The molecule has 18 heavy (non-hydrogen) atoms. The van der Waals surface area contributed by atoms with Crippen molar-refractivity contribution in [3.63, 3.8) is 0 Å². The molecule has 2 fully saturated rings. The third-order valence-electron chi connectivity index (χ3n) is 4.11. The fourth-order valence-corrected chi connectivity index (χ4v) is 4.99. The molecule has 5 nitrogen and oxygen atoms in total. The van der Waals surface area contributed by atoms with Crippen molar-refractivity contribution in [3.8, 4) is 0 Å². The second-order valence-electron chi connectivity index (χ2n) is 5.33. The first-order chi connectivity index (χ1) is 8.64. The molecule has 6 heteroatoms. The molecule has 0 aromatic rings. The van der Waals surface area contributed by atoms with Crippen molar-refractivity contribution in [1.29, 1.82) is 0 Å². The highest BCUT2D eigenvalue weighted by molar-refractivity contribution is 7.89. The Morgan fingerprint density at radius 2 is 1.61 bits per heavy atom. The predicted octanol–water partition coefficient (Wildman–Crippen LogP) is 0.225. The van der Waals surface area contributed by atoms with Gasteiger partial charge in [0.15, 0.2) is 0 Å². The summed E-state index contributed by atoms with van der Waals surface area (Å²) in [7, 11) is -3.05. The standard InChI is InChI=1S/C12H25N3O2S/c13-6-7-14-8-10-15(11-9-14)18(16,17)12-4-2-1-3-5-12/h12H,1-11,13H2. The Balaban J connectivity index is 1.91. The smallest absolute Gasteiger partial charge is 0.217 e. The van der Waals surface area contributed by atoms with Crippen molar-refractivity contribution < 1.29 is 8.42 Å². The van der Waals surface area contributed by atoms with Gasteiger partial charge in [-0.2, -0.15) is 4.31 Å². The zero-order valence-corrected chi connectivity index (χ0v) is 11.9. The Bertz CT molecular complexity index is 344. The number of hydrogen-bond donors (Lipinski definition) is 1. The van der Waals surface area contributed by atoms with Gasteiger partial charge in [-0.15, -0.1) is 0 Å². The number of hydrogen-bond acceptors (Lipinski definition) is 4. The summed E-state index contributed by atoms with van der Waals surface area (Å²) in [6, 6.07) is 0. The SMILES string of the molecule is NCCN1CCN(S(=O)(=O)C2CCCCC2)CC1. The Labute approximate surface area is 110 Å². The average molecular weight is 275 g/mol. The fraction of sp³-hybridized carbons (Fsp3) is 1.00. The van der Waals surface area contributed by atoms with E-state index in [1.54, 1.807) is 4.31 Å². The van der Waals surface area contributed by atoms with Gasteiger partial charge in [0.05, 0.1) is 5.25 Å². The lowest BCUT2D eigenvalue weighted by atomic mass is 10.0. The summed E-state index contributed by atoms with van der Waals surface area (Å²) >= 11 is 0. The van der Waals surface area contributed by atoms with Crippen molar-refractivity contribution in [3.05, 3.63) is 0 Å². The summed E-state index contributed by atoms with van der Waals surface area (Å²) in [5, 5.41) is -0.118. The Morgan fingerprint density at radius 3 is 2.17 bits per heavy atom. The molecule has 0 atom stereocenters. The first-order valence-corrected chi connectivity index (χ1v) is 8.56. The summed E-state index contributed by atoms with van der Waals surface area (Å²) in [5.41, 5.74) is 5.52. The van der Waals surface area contributed by atoms with E-state index in [0.717, 1.165) is 45.3 Å². The van der Waals surface area contributed by atoms with Gasteiger partial charge in [-0.1, -0.05) is 19.3 Å². The number of nitrogens with zero attached hydrogens (tertiary/aromatic N) is 2. The maximum Gasteiger partial charge on any atom is 0.217 e. The van der Waals surface area contributed by atoms with E-state index in [2.05, 4.69) is 4.90 Å². The minimum atomic E-state index is -3.05. The first-order valence-electron chi connectivity index (χ1n) is 7.06. The number of nitrogens with two attached hydrogens (primary N) is 1. The zero-order chi connectivity index (χ0) is 13.0. The highest BCUT2D eigenvalue weighted by Gasteiger charge is 2.34. The van der Waals surface area contributed by atoms with E-state index in [-0.39, 0.29) is 5.25 Å². The molecule has 2 aliphatic rings. The van der Waals surface area contributed by atoms with Crippen LogP contribution >= 0.6 is 0 Å². The maximum absolute atomic E-state index is 12.5. The molecule has 0 aromatic carbocycles. The third kappa shape index (κ3) is 3.23. The van der Waals surface area contributed by atoms with E-state index in [0.29, 0.717) is 19.6 Å². The van der Waals surface area contributed by atoms with E-state index in [9.17, 15) is 8.42 Å². The average Bonchev–Trinajstić information content (AvgIpc) is 2.41. The monoisotopic (exact) mass is 275 g/mol. The molecule has 106 valence electrons. The van der Waals surface area contributed by atoms with Crippen LogP contribution in [0.5, 0.6) is 0 Å². The Morgan fingerprint density at radius 1 is 1.00 bits per heavy atom. The van der Waals surface area contributed by atoms with Crippen LogP contribution in [-0.2, 0) is 10.0 Å². The van der Waals surface area contributed by atoms with Gasteiger partial charge >= 0.3 is 0 Å². The quantitative estimate of drug-likeness (QED) is 0.797. The molecule has 0 unspecified atom stereocenters. The molecule has 1 saturated carbocycles. The van der Waals surface area contributed by atoms with Crippen LogP contribution in [-0.4, -0.2) is 62.1 Å². The molecule has 0 bridgehead atoms. The molecule has 0 amide bonds. The van der Waals surface area contributed by atoms with Crippen molar-refractivity contribution in [1.82, 2.24) is 9.21 Å². The molecule has 1 heterocycles. The minimum absolute atomic E-state index is 0.118. The number of rotatable bonds is 4. The molecule has 1 aliphatic heterocycles. The Kier molecular flexibility index (Phi) is 5.00. The van der Waals surface area contributed by atoms with Gasteiger partial charge in [-0.05, 0) is 12.8 Å². The molecular weight excluding hydrogens is 250 g/mol. The lowest BCUT2D eigenvalue weighted by Crippen LogP contribution is -2.52. The van der Waals surface area contributed by atoms with Crippen LogP contribution in [0.4, 0.5) is 0 Å². The van der Waals surface area contributed by atoms with E-state index >= 15 is 0 Å². The summed E-state index contributed by atoms with van der Waals surface area (Å²) in [4.78, 5) is 2.24. The van der Waals surface area contributed by atoms with Gasteiger partial charge in [0.2, 0.25) is 10.0 Å². The van der Waals surface area contributed by atoms with Gasteiger partial charge < -0.3 is 5.73 Å². The van der Waals surface area contributed by atoms with Crippen LogP contribution < -0.4 is 5.73 Å². The van der Waals surface area contributed by atoms with Crippen molar-refractivity contribution in [2.75, 3.05) is 39.3 Å². The second kappa shape index (κ2) is 6.32. The van der Waals surface area contributed by atoms with Gasteiger partial charge in [0, 0.05) is 39.3 Å². The van der Waals surface area contributed by atoms with Gasteiger partial charge in [0.25, 0.3) is 0 Å². The van der Waals surface area contributed by atoms with Crippen LogP contribution in [0.2, 0.25) is 0 Å². The highest BCUT2D eigenvalue weighted by Crippen LogP contribution is 2.26. The summed E-state index contributed by atoms with van der Waals surface area (Å²) < 4.78 is 26.7. The van der Waals surface area contributed by atoms with E-state index in [1.165, 1.54) is 6.42 Å². The van der Waals surface area contributed by atoms with Crippen LogP contribution in [0, 0.1) is 0 Å². The van der Waals surface area contributed by atoms with E-state index < -0.39 is 10.0 Å². The predicted molar refractivity (Wildman–Crippen MR) is 72.9 cm³/mol. The van der Waals surface area contributed by atoms with E-state index in [1.807, 2.05) is 0 Å². The van der Waals surface area contributed by atoms with Crippen molar-refractivity contribution in [2.24, 2.45) is 5.73 Å². The normalized spacial score (nSPS) is 25.4. The third-order valence-corrected chi connectivity index (χ3v) is 6.51. The molecule has 0 radical (unpaired) electrons. The fourth-order valence-electron chi connectivity index (χ4n) is 2.96. The van der Waals surface area contributed by atoms with Gasteiger partial charge in [-0.25, -0.2) is 8.42 Å². The lowest BCUT2D eigenvalue weighted by Gasteiger charge is -2.36. The maximum atomic E-state index is 12.5. The molecule has 0 spiro atoms. The van der Waals surface area contributed by atoms with Crippen molar-refractivity contribution in [2.45, 2.75) is 37.4 Å². The molecular formula is C12H25N3O2S. The Hall–Kier alpha value is -0.170. The molecule has 2 rings (SSSR count). The summed E-state index contributed by atoms with van der Waals surface area (Å²) in [6.45, 7) is 4.44. The largest absolute Gasteiger partial charge is 0.329 e. The summed E-state index contributed by atoms with van der Waals surface area (Å²) in [6.07, 6.45) is 5.03. The molecule has 0 aromatic heterocycles. The molecule has 1 saturated heterocycles. The number of sulfonamides is 1. The van der Waals surface area contributed by atoms with Crippen LogP contribution in [0.15, 0.2) is 0 Å². The number of piperazine rings is 1. The second-order valence-corrected chi connectivity index (χ2v) is 7.55. The molecule has 2 N–H and O–H groups in total. The van der Waals surface area contributed by atoms with Crippen LogP contribution in [0.1, 0.15) is 32.1 Å².